The van der Waals surface area contributed by atoms with Crippen molar-refractivity contribution in [2.75, 3.05) is 6.61 Å². The van der Waals surface area contributed by atoms with Crippen LogP contribution in [0, 0.1) is 11.8 Å². The third kappa shape index (κ3) is 2.01. The molecule has 1 saturated carbocycles. The molecule has 0 saturated heterocycles. The van der Waals surface area contributed by atoms with Crippen LogP contribution in [-0.2, 0) is 9.53 Å². The summed E-state index contributed by atoms with van der Waals surface area (Å²) in [5.74, 6) is 0.235. The van der Waals surface area contributed by atoms with Gasteiger partial charge in [-0.1, -0.05) is 19.1 Å². The van der Waals surface area contributed by atoms with Gasteiger partial charge in [-0.15, -0.1) is 0 Å². The highest BCUT2D eigenvalue weighted by molar-refractivity contribution is 5.83. The minimum atomic E-state index is -1.52. The molecule has 0 amide bonds. The minimum absolute atomic E-state index is 0.277. The Morgan fingerprint density at radius 3 is 2.83 bits per heavy atom. The molecule has 3 heteroatoms. The molecule has 3 nitrogen and oxygen atoms in total. The molecule has 100 valence electrons. The Labute approximate surface area is 109 Å². The molecule has 0 aromatic rings. The van der Waals surface area contributed by atoms with E-state index in [1.165, 1.54) is 5.57 Å². The van der Waals surface area contributed by atoms with Gasteiger partial charge >= 0.3 is 5.97 Å². The lowest BCUT2D eigenvalue weighted by Crippen LogP contribution is -2.44. The highest BCUT2D eigenvalue weighted by Crippen LogP contribution is 2.45. The molecule has 0 unspecified atom stereocenters. The van der Waals surface area contributed by atoms with Crippen LogP contribution < -0.4 is 0 Å². The monoisotopic (exact) mass is 250 g/mol. The predicted octanol–water partition coefficient (Wildman–Crippen LogP) is 2.60. The Hall–Kier alpha value is -1.09. The lowest BCUT2D eigenvalue weighted by Gasteiger charge is -2.33. The quantitative estimate of drug-likeness (QED) is 0.575. The summed E-state index contributed by atoms with van der Waals surface area (Å²) in [6.45, 7) is 9.97. The summed E-state index contributed by atoms with van der Waals surface area (Å²) in [5, 5.41) is 10.6. The van der Waals surface area contributed by atoms with Gasteiger partial charge in [-0.25, -0.2) is 4.79 Å². The maximum atomic E-state index is 12.0. The summed E-state index contributed by atoms with van der Waals surface area (Å²) in [4.78, 5) is 12.0. The van der Waals surface area contributed by atoms with Crippen molar-refractivity contribution in [2.24, 2.45) is 11.8 Å². The van der Waals surface area contributed by atoms with E-state index in [4.69, 9.17) is 4.74 Å². The van der Waals surface area contributed by atoms with Crippen molar-refractivity contribution < 1.29 is 14.6 Å². The molecule has 1 N–H and O–H groups in total. The third-order valence-electron chi connectivity index (χ3n) is 4.53. The molecule has 2 aliphatic rings. The fourth-order valence-electron chi connectivity index (χ4n) is 3.10. The summed E-state index contributed by atoms with van der Waals surface area (Å²) < 4.78 is 5.21. The van der Waals surface area contributed by atoms with Crippen molar-refractivity contribution in [3.63, 3.8) is 0 Å². The third-order valence-corrected chi connectivity index (χ3v) is 4.53. The van der Waals surface area contributed by atoms with E-state index in [9.17, 15) is 9.90 Å². The normalized spacial score (nSPS) is 40.8. The smallest absolute Gasteiger partial charge is 0.342 e. The molecular weight excluding hydrogens is 228 g/mol. The van der Waals surface area contributed by atoms with Crippen LogP contribution in [0.3, 0.4) is 0 Å². The number of carbonyl (C=O) groups excluding carboxylic acids is 1. The van der Waals surface area contributed by atoms with Crippen molar-refractivity contribution in [3.05, 3.63) is 23.3 Å². The predicted molar refractivity (Wildman–Crippen MR) is 69.9 cm³/mol. The van der Waals surface area contributed by atoms with E-state index in [2.05, 4.69) is 13.5 Å². The average molecular weight is 250 g/mol. The maximum absolute atomic E-state index is 12.0. The molecule has 2 rings (SSSR count). The lowest BCUT2D eigenvalue weighted by atomic mass is 9.78. The Balaban J connectivity index is 2.41. The molecule has 0 aromatic heterocycles. The molecule has 0 radical (unpaired) electrons. The second kappa shape index (κ2) is 4.54. The van der Waals surface area contributed by atoms with Crippen LogP contribution in [0.4, 0.5) is 0 Å². The van der Waals surface area contributed by atoms with Gasteiger partial charge in [0.25, 0.3) is 0 Å². The van der Waals surface area contributed by atoms with E-state index < -0.39 is 11.6 Å². The molecule has 1 fully saturated rings. The standard InChI is InChI=1S/C15H22O3/c1-9(2)15(17)7-13-10(3)5-6-12(13)11(4)8-18-14(15)16/h10,13,17H,1,5-8H2,2-4H3/b12-11-/t10-,13+,15-/m1/s1. The first kappa shape index (κ1) is 13.3. The molecule has 18 heavy (non-hydrogen) atoms. The Morgan fingerprint density at radius 1 is 1.56 bits per heavy atom. The Morgan fingerprint density at radius 2 is 2.22 bits per heavy atom. The topological polar surface area (TPSA) is 46.5 Å². The summed E-state index contributed by atoms with van der Waals surface area (Å²) in [6, 6.07) is 0. The van der Waals surface area contributed by atoms with Gasteiger partial charge in [0.05, 0.1) is 0 Å². The van der Waals surface area contributed by atoms with Crippen LogP contribution >= 0.6 is 0 Å². The van der Waals surface area contributed by atoms with E-state index in [-0.39, 0.29) is 5.92 Å². The van der Waals surface area contributed by atoms with Crippen LogP contribution in [0.1, 0.15) is 40.0 Å². The number of aliphatic hydroxyl groups is 1. The van der Waals surface area contributed by atoms with Crippen molar-refractivity contribution in [2.45, 2.75) is 45.6 Å². The van der Waals surface area contributed by atoms with E-state index in [1.807, 2.05) is 6.92 Å². The second-order valence-electron chi connectivity index (χ2n) is 5.85. The summed E-state index contributed by atoms with van der Waals surface area (Å²) in [5.41, 5.74) is 1.48. The van der Waals surface area contributed by atoms with Gasteiger partial charge < -0.3 is 9.84 Å². The molecule has 1 aliphatic carbocycles. The molecule has 1 aliphatic heterocycles. The highest BCUT2D eigenvalue weighted by atomic mass is 16.5. The number of hydrogen-bond donors (Lipinski definition) is 1. The molecule has 3 atom stereocenters. The maximum Gasteiger partial charge on any atom is 0.342 e. The van der Waals surface area contributed by atoms with Crippen molar-refractivity contribution >= 4 is 5.97 Å². The van der Waals surface area contributed by atoms with Gasteiger partial charge in [0.2, 0.25) is 0 Å². The fourth-order valence-corrected chi connectivity index (χ4v) is 3.10. The number of fused-ring (bicyclic) bond motifs is 1. The molecule has 1 heterocycles. The minimum Gasteiger partial charge on any atom is -0.459 e. The van der Waals surface area contributed by atoms with Crippen LogP contribution in [0.5, 0.6) is 0 Å². The first-order valence-electron chi connectivity index (χ1n) is 6.60. The number of cyclic esters (lactones) is 1. The van der Waals surface area contributed by atoms with Crippen LogP contribution in [0.25, 0.3) is 0 Å². The number of rotatable bonds is 1. The van der Waals surface area contributed by atoms with Gasteiger partial charge in [0, 0.05) is 0 Å². The molecule has 0 spiro atoms. The van der Waals surface area contributed by atoms with Crippen molar-refractivity contribution in [3.8, 4) is 0 Å². The number of esters is 1. The summed E-state index contributed by atoms with van der Waals surface area (Å²) in [7, 11) is 0. The summed E-state index contributed by atoms with van der Waals surface area (Å²) >= 11 is 0. The number of ether oxygens (including phenoxy) is 1. The fraction of sp³-hybridized carbons (Fsp3) is 0.667. The van der Waals surface area contributed by atoms with Gasteiger partial charge in [-0.2, -0.15) is 0 Å². The zero-order chi connectivity index (χ0) is 13.5. The van der Waals surface area contributed by atoms with E-state index in [1.54, 1.807) is 6.92 Å². The van der Waals surface area contributed by atoms with Crippen LogP contribution in [0.2, 0.25) is 0 Å². The molecule has 0 aromatic carbocycles. The van der Waals surface area contributed by atoms with E-state index in [0.717, 1.165) is 18.4 Å². The van der Waals surface area contributed by atoms with Gasteiger partial charge in [-0.05, 0) is 56.1 Å². The Kier molecular flexibility index (Phi) is 3.37. The Bertz CT molecular complexity index is 421. The van der Waals surface area contributed by atoms with Gasteiger partial charge in [0.15, 0.2) is 5.60 Å². The van der Waals surface area contributed by atoms with Gasteiger partial charge in [0.1, 0.15) is 6.61 Å². The summed E-state index contributed by atoms with van der Waals surface area (Å²) in [6.07, 6.45) is 2.59. The average Bonchev–Trinajstić information content (AvgIpc) is 2.65. The molecule has 0 bridgehead atoms. The van der Waals surface area contributed by atoms with Crippen LogP contribution in [-0.4, -0.2) is 23.3 Å². The number of hydrogen-bond acceptors (Lipinski definition) is 3. The highest BCUT2D eigenvalue weighted by Gasteiger charge is 2.45. The largest absolute Gasteiger partial charge is 0.459 e. The van der Waals surface area contributed by atoms with E-state index >= 15 is 0 Å². The van der Waals surface area contributed by atoms with Crippen molar-refractivity contribution in [1.29, 1.82) is 0 Å². The zero-order valence-electron chi connectivity index (χ0n) is 11.5. The van der Waals surface area contributed by atoms with Crippen molar-refractivity contribution in [1.82, 2.24) is 0 Å². The number of carbonyl (C=O) groups is 1. The second-order valence-corrected chi connectivity index (χ2v) is 5.85. The lowest BCUT2D eigenvalue weighted by molar-refractivity contribution is -0.162. The van der Waals surface area contributed by atoms with Gasteiger partial charge in [-0.3, -0.25) is 0 Å². The zero-order valence-corrected chi connectivity index (χ0v) is 11.5. The first-order chi connectivity index (χ1) is 8.36. The number of allylic oxidation sites excluding steroid dienone is 1. The SMILES string of the molecule is C=C(C)[C@]1(O)C[C@@H]2/C(=C(/C)COC1=O)CC[C@H]2C. The first-order valence-corrected chi connectivity index (χ1v) is 6.60. The molecular formula is C15H22O3. The van der Waals surface area contributed by atoms with Crippen LogP contribution in [0.15, 0.2) is 23.3 Å². The van der Waals surface area contributed by atoms with E-state index in [0.29, 0.717) is 24.5 Å².